The van der Waals surface area contributed by atoms with Crippen LogP contribution in [0.1, 0.15) is 5.56 Å². The van der Waals surface area contributed by atoms with E-state index in [1.165, 1.54) is 26.2 Å². The van der Waals surface area contributed by atoms with Crippen molar-refractivity contribution in [1.82, 2.24) is 4.31 Å². The zero-order valence-electron chi connectivity index (χ0n) is 16.3. The van der Waals surface area contributed by atoms with Gasteiger partial charge in [-0.1, -0.05) is 36.4 Å². The molecular formula is C21H21BrN2O4S. The molecule has 1 N–H and O–H groups in total. The Hall–Kier alpha value is -2.42. The molecule has 152 valence electrons. The van der Waals surface area contributed by atoms with Crippen molar-refractivity contribution >= 4 is 48.3 Å². The maximum atomic E-state index is 12.4. The Balaban J connectivity index is 1.74. The molecule has 0 fully saturated rings. The number of carbonyl (C=O) groups is 1. The van der Waals surface area contributed by atoms with Crippen LogP contribution in [0.3, 0.4) is 0 Å². The third-order valence-electron chi connectivity index (χ3n) is 4.45. The van der Waals surface area contributed by atoms with Crippen molar-refractivity contribution in [2.24, 2.45) is 0 Å². The topological polar surface area (TPSA) is 75.7 Å². The van der Waals surface area contributed by atoms with Gasteiger partial charge in [-0.15, -0.1) is 0 Å². The smallest absolute Gasteiger partial charge is 0.262 e. The van der Waals surface area contributed by atoms with Gasteiger partial charge in [0.1, 0.15) is 5.75 Å². The number of aryl methyl sites for hydroxylation is 1. The Kier molecular flexibility index (Phi) is 6.26. The first-order valence-corrected chi connectivity index (χ1v) is 11.1. The predicted octanol–water partition coefficient (Wildman–Crippen LogP) is 4.18. The third kappa shape index (κ3) is 4.60. The highest BCUT2D eigenvalue weighted by molar-refractivity contribution is 9.10. The van der Waals surface area contributed by atoms with Gasteiger partial charge in [0.05, 0.1) is 9.37 Å². The Morgan fingerprint density at radius 1 is 1.10 bits per heavy atom. The molecule has 0 aliphatic rings. The standard InChI is InChI=1S/C21H21BrN2O4S/c1-14-8-10-16(29(26,27)24(2)3)12-18(14)23-20(25)13-28-19-11-9-15-6-4-5-7-17(15)21(19)22/h4-12H,13H2,1-3H3,(H,23,25). The van der Waals surface area contributed by atoms with Crippen LogP contribution < -0.4 is 10.1 Å². The largest absolute Gasteiger partial charge is 0.483 e. The van der Waals surface area contributed by atoms with Crippen molar-refractivity contribution in [3.05, 3.63) is 64.6 Å². The first kappa shape index (κ1) is 21.3. The molecule has 0 saturated heterocycles. The van der Waals surface area contributed by atoms with Gasteiger partial charge in [-0.05, 0) is 57.4 Å². The van der Waals surface area contributed by atoms with Gasteiger partial charge in [-0.25, -0.2) is 12.7 Å². The number of nitrogens with one attached hydrogen (secondary N) is 1. The minimum atomic E-state index is -3.59. The number of ether oxygens (including phenoxy) is 1. The zero-order chi connectivity index (χ0) is 21.2. The third-order valence-corrected chi connectivity index (χ3v) is 7.08. The molecule has 0 radical (unpaired) electrons. The molecule has 0 aromatic heterocycles. The molecule has 3 aromatic rings. The molecule has 6 nitrogen and oxygen atoms in total. The van der Waals surface area contributed by atoms with E-state index < -0.39 is 10.0 Å². The van der Waals surface area contributed by atoms with Gasteiger partial charge >= 0.3 is 0 Å². The van der Waals surface area contributed by atoms with Gasteiger partial charge in [0, 0.05) is 19.8 Å². The van der Waals surface area contributed by atoms with Crippen LogP contribution in [-0.2, 0) is 14.8 Å². The molecule has 0 unspecified atom stereocenters. The second kappa shape index (κ2) is 8.52. The number of anilines is 1. The number of nitrogens with zero attached hydrogens (tertiary/aromatic N) is 1. The lowest BCUT2D eigenvalue weighted by atomic mass is 10.1. The fraction of sp³-hybridized carbons (Fsp3) is 0.190. The van der Waals surface area contributed by atoms with Crippen molar-refractivity contribution in [3.63, 3.8) is 0 Å². The lowest BCUT2D eigenvalue weighted by Crippen LogP contribution is -2.23. The maximum absolute atomic E-state index is 12.4. The first-order valence-electron chi connectivity index (χ1n) is 8.83. The molecule has 0 spiro atoms. The Morgan fingerprint density at radius 2 is 1.83 bits per heavy atom. The van der Waals surface area contributed by atoms with Crippen LogP contribution in [0.25, 0.3) is 10.8 Å². The van der Waals surface area contributed by atoms with Crippen LogP contribution in [-0.4, -0.2) is 39.3 Å². The molecule has 0 aliphatic carbocycles. The Morgan fingerprint density at radius 3 is 2.55 bits per heavy atom. The number of amides is 1. The summed E-state index contributed by atoms with van der Waals surface area (Å²) in [5.74, 6) is 0.173. The summed E-state index contributed by atoms with van der Waals surface area (Å²) in [4.78, 5) is 12.5. The van der Waals surface area contributed by atoms with E-state index in [2.05, 4.69) is 21.2 Å². The number of hydrogen-bond acceptors (Lipinski definition) is 4. The summed E-state index contributed by atoms with van der Waals surface area (Å²) in [6, 6.07) is 16.2. The summed E-state index contributed by atoms with van der Waals surface area (Å²) in [6.07, 6.45) is 0. The van der Waals surface area contributed by atoms with Gasteiger partial charge in [-0.3, -0.25) is 4.79 Å². The van der Waals surface area contributed by atoms with Gasteiger partial charge in [-0.2, -0.15) is 0 Å². The average Bonchev–Trinajstić information content (AvgIpc) is 2.69. The van der Waals surface area contributed by atoms with Crippen molar-refractivity contribution in [2.45, 2.75) is 11.8 Å². The van der Waals surface area contributed by atoms with Crippen LogP contribution in [0.5, 0.6) is 5.75 Å². The summed E-state index contributed by atoms with van der Waals surface area (Å²) < 4.78 is 32.2. The first-order chi connectivity index (χ1) is 13.7. The van der Waals surface area contributed by atoms with Crippen molar-refractivity contribution in [1.29, 1.82) is 0 Å². The molecule has 3 aromatic carbocycles. The van der Waals surface area contributed by atoms with Crippen LogP contribution in [0.4, 0.5) is 5.69 Å². The van der Waals surface area contributed by atoms with E-state index in [0.717, 1.165) is 25.1 Å². The maximum Gasteiger partial charge on any atom is 0.262 e. The zero-order valence-corrected chi connectivity index (χ0v) is 18.7. The number of hydrogen-bond donors (Lipinski definition) is 1. The van der Waals surface area contributed by atoms with Gasteiger partial charge in [0.2, 0.25) is 10.0 Å². The minimum Gasteiger partial charge on any atom is -0.483 e. The SMILES string of the molecule is Cc1ccc(S(=O)(=O)N(C)C)cc1NC(=O)COc1ccc2ccccc2c1Br. The molecule has 0 saturated carbocycles. The fourth-order valence-electron chi connectivity index (χ4n) is 2.76. The van der Waals surface area contributed by atoms with E-state index in [-0.39, 0.29) is 17.4 Å². The summed E-state index contributed by atoms with van der Waals surface area (Å²) >= 11 is 3.53. The molecule has 1 amide bonds. The minimum absolute atomic E-state index is 0.113. The molecule has 29 heavy (non-hydrogen) atoms. The van der Waals surface area contributed by atoms with E-state index >= 15 is 0 Å². The van der Waals surface area contributed by atoms with Crippen molar-refractivity contribution < 1.29 is 17.9 Å². The van der Waals surface area contributed by atoms with Gasteiger partial charge in [0.15, 0.2) is 6.61 Å². The second-order valence-corrected chi connectivity index (χ2v) is 9.64. The van der Waals surface area contributed by atoms with Crippen LogP contribution in [0.15, 0.2) is 64.0 Å². The quantitative estimate of drug-likeness (QED) is 0.578. The van der Waals surface area contributed by atoms with E-state index in [4.69, 9.17) is 4.74 Å². The highest BCUT2D eigenvalue weighted by Crippen LogP contribution is 2.33. The molecule has 0 aliphatic heterocycles. The predicted molar refractivity (Wildman–Crippen MR) is 118 cm³/mol. The molecule has 3 rings (SSSR count). The van der Waals surface area contributed by atoms with Crippen LogP contribution in [0.2, 0.25) is 0 Å². The van der Waals surface area contributed by atoms with Crippen LogP contribution in [0, 0.1) is 6.92 Å². The molecule has 0 bridgehead atoms. The number of carbonyl (C=O) groups excluding carboxylic acids is 1. The Labute approximate surface area is 178 Å². The van der Waals surface area contributed by atoms with Crippen molar-refractivity contribution in [3.8, 4) is 5.75 Å². The normalized spacial score (nSPS) is 11.6. The lowest BCUT2D eigenvalue weighted by molar-refractivity contribution is -0.118. The number of halogens is 1. The molecular weight excluding hydrogens is 456 g/mol. The van der Waals surface area contributed by atoms with Crippen LogP contribution >= 0.6 is 15.9 Å². The van der Waals surface area contributed by atoms with E-state index in [1.54, 1.807) is 19.1 Å². The summed E-state index contributed by atoms with van der Waals surface area (Å²) in [7, 11) is -0.667. The lowest BCUT2D eigenvalue weighted by Gasteiger charge is -2.15. The summed E-state index contributed by atoms with van der Waals surface area (Å²) in [6.45, 7) is 1.59. The number of rotatable bonds is 6. The van der Waals surface area contributed by atoms with E-state index in [1.807, 2.05) is 30.3 Å². The Bertz CT molecular complexity index is 1180. The molecule has 0 atom stereocenters. The molecule has 8 heteroatoms. The number of fused-ring (bicyclic) bond motifs is 1. The van der Waals surface area contributed by atoms with Gasteiger partial charge in [0.25, 0.3) is 5.91 Å². The van der Waals surface area contributed by atoms with E-state index in [0.29, 0.717) is 11.4 Å². The molecule has 0 heterocycles. The highest BCUT2D eigenvalue weighted by Gasteiger charge is 2.19. The second-order valence-electron chi connectivity index (χ2n) is 6.70. The number of sulfonamides is 1. The van der Waals surface area contributed by atoms with E-state index in [9.17, 15) is 13.2 Å². The number of benzene rings is 3. The summed E-state index contributed by atoms with van der Waals surface area (Å²) in [5, 5.41) is 4.78. The highest BCUT2D eigenvalue weighted by atomic mass is 79.9. The van der Waals surface area contributed by atoms with Crippen molar-refractivity contribution in [2.75, 3.05) is 26.0 Å². The van der Waals surface area contributed by atoms with Gasteiger partial charge < -0.3 is 10.1 Å². The average molecular weight is 477 g/mol. The summed E-state index contributed by atoms with van der Waals surface area (Å²) in [5.41, 5.74) is 1.18. The monoisotopic (exact) mass is 476 g/mol. The fourth-order valence-corrected chi connectivity index (χ4v) is 4.30.